The van der Waals surface area contributed by atoms with Crippen molar-refractivity contribution >= 4 is 0 Å². The third-order valence-electron chi connectivity index (χ3n) is 3.51. The van der Waals surface area contributed by atoms with Crippen molar-refractivity contribution in [3.63, 3.8) is 0 Å². The lowest BCUT2D eigenvalue weighted by atomic mass is 9.80. The Labute approximate surface area is 94.8 Å². The van der Waals surface area contributed by atoms with Gasteiger partial charge in [0.25, 0.3) is 0 Å². The Bertz CT molecular complexity index is 162. The highest BCUT2D eigenvalue weighted by Gasteiger charge is 2.25. The van der Waals surface area contributed by atoms with Crippen molar-refractivity contribution in [1.82, 2.24) is 5.32 Å². The molecule has 0 radical (unpaired) electrons. The van der Waals surface area contributed by atoms with Crippen LogP contribution >= 0.6 is 0 Å². The van der Waals surface area contributed by atoms with Gasteiger partial charge >= 0.3 is 0 Å². The van der Waals surface area contributed by atoms with Gasteiger partial charge in [-0.25, -0.2) is 0 Å². The van der Waals surface area contributed by atoms with Crippen molar-refractivity contribution in [2.24, 2.45) is 11.8 Å². The van der Waals surface area contributed by atoms with E-state index in [1.54, 1.807) is 7.11 Å². The molecule has 0 heterocycles. The monoisotopic (exact) mass is 213 g/mol. The van der Waals surface area contributed by atoms with E-state index in [9.17, 15) is 0 Å². The summed E-state index contributed by atoms with van der Waals surface area (Å²) in [4.78, 5) is 0. The molecule has 15 heavy (non-hydrogen) atoms. The van der Waals surface area contributed by atoms with Crippen LogP contribution in [-0.4, -0.2) is 25.8 Å². The number of hydrogen-bond acceptors (Lipinski definition) is 2. The molecule has 3 unspecified atom stereocenters. The van der Waals surface area contributed by atoms with E-state index >= 15 is 0 Å². The number of hydrogen-bond donors (Lipinski definition) is 1. The Kier molecular flexibility index (Phi) is 5.62. The van der Waals surface area contributed by atoms with Crippen molar-refractivity contribution < 1.29 is 4.74 Å². The summed E-state index contributed by atoms with van der Waals surface area (Å²) < 4.78 is 5.23. The van der Waals surface area contributed by atoms with Crippen molar-refractivity contribution in [3.8, 4) is 0 Å². The van der Waals surface area contributed by atoms with Gasteiger partial charge in [-0.1, -0.05) is 20.8 Å². The second-order valence-electron chi connectivity index (χ2n) is 5.34. The van der Waals surface area contributed by atoms with Gasteiger partial charge in [0.2, 0.25) is 0 Å². The van der Waals surface area contributed by atoms with Gasteiger partial charge in [-0.3, -0.25) is 0 Å². The van der Waals surface area contributed by atoms with E-state index in [4.69, 9.17) is 4.74 Å². The van der Waals surface area contributed by atoms with Gasteiger partial charge in [-0.15, -0.1) is 0 Å². The molecule has 1 rings (SSSR count). The molecule has 1 fully saturated rings. The predicted molar refractivity (Wildman–Crippen MR) is 65.1 cm³/mol. The molecule has 0 amide bonds. The molecule has 1 saturated carbocycles. The molecule has 0 aromatic rings. The van der Waals surface area contributed by atoms with Gasteiger partial charge in [0, 0.05) is 19.2 Å². The first-order chi connectivity index (χ1) is 7.15. The van der Waals surface area contributed by atoms with E-state index in [1.165, 1.54) is 19.3 Å². The second kappa shape index (κ2) is 6.49. The third-order valence-corrected chi connectivity index (χ3v) is 3.51. The Morgan fingerprint density at radius 2 is 1.80 bits per heavy atom. The molecule has 0 bridgehead atoms. The minimum absolute atomic E-state index is 0.539. The summed E-state index contributed by atoms with van der Waals surface area (Å²) in [5.74, 6) is 1.76. The van der Waals surface area contributed by atoms with Crippen LogP contribution in [0.3, 0.4) is 0 Å². The van der Waals surface area contributed by atoms with E-state index in [2.05, 4.69) is 26.1 Å². The van der Waals surface area contributed by atoms with Crippen LogP contribution in [0, 0.1) is 11.8 Å². The molecule has 0 aliphatic heterocycles. The molecular weight excluding hydrogens is 186 g/mol. The van der Waals surface area contributed by atoms with Crippen LogP contribution in [0.2, 0.25) is 0 Å². The van der Waals surface area contributed by atoms with Crippen molar-refractivity contribution in [2.45, 2.75) is 58.5 Å². The normalized spacial score (nSPS) is 34.0. The molecule has 0 aromatic heterocycles. The predicted octanol–water partition coefficient (Wildman–Crippen LogP) is 2.83. The Balaban J connectivity index is 2.35. The minimum atomic E-state index is 0.539. The van der Waals surface area contributed by atoms with E-state index in [-0.39, 0.29) is 0 Å². The molecule has 1 aliphatic carbocycles. The highest BCUT2D eigenvalue weighted by atomic mass is 16.5. The maximum absolute atomic E-state index is 5.23. The lowest BCUT2D eigenvalue weighted by Gasteiger charge is -2.34. The number of methoxy groups -OCH3 is 1. The zero-order valence-electron chi connectivity index (χ0n) is 10.8. The highest BCUT2D eigenvalue weighted by molar-refractivity contribution is 4.82. The first kappa shape index (κ1) is 13.0. The summed E-state index contributed by atoms with van der Waals surface area (Å²) in [7, 11) is 1.79. The summed E-state index contributed by atoms with van der Waals surface area (Å²) in [6, 6.07) is 1.25. The number of nitrogens with one attached hydrogen (secondary N) is 1. The lowest BCUT2D eigenvalue weighted by Crippen LogP contribution is -2.44. The van der Waals surface area contributed by atoms with Crippen LogP contribution in [0.5, 0.6) is 0 Å². The largest absolute Gasteiger partial charge is 0.383 e. The maximum atomic E-state index is 5.23. The first-order valence-corrected chi connectivity index (χ1v) is 6.40. The Hall–Kier alpha value is -0.0800. The quantitative estimate of drug-likeness (QED) is 0.758. The molecule has 0 spiro atoms. The number of ether oxygens (including phenoxy) is 1. The summed E-state index contributed by atoms with van der Waals surface area (Å²) in [6.45, 7) is 7.82. The average Bonchev–Trinajstić information content (AvgIpc) is 2.15. The molecule has 0 saturated heterocycles. The van der Waals surface area contributed by atoms with Crippen LogP contribution in [0.15, 0.2) is 0 Å². The minimum Gasteiger partial charge on any atom is -0.383 e. The van der Waals surface area contributed by atoms with Gasteiger partial charge in [0.1, 0.15) is 0 Å². The molecule has 90 valence electrons. The zero-order valence-corrected chi connectivity index (χ0v) is 10.8. The van der Waals surface area contributed by atoms with Crippen LogP contribution in [0.25, 0.3) is 0 Å². The fourth-order valence-corrected chi connectivity index (χ4v) is 2.90. The smallest absolute Gasteiger partial charge is 0.0615 e. The molecular formula is C13H27NO. The fourth-order valence-electron chi connectivity index (χ4n) is 2.90. The van der Waals surface area contributed by atoms with Gasteiger partial charge in [0.15, 0.2) is 0 Å². The van der Waals surface area contributed by atoms with Crippen molar-refractivity contribution in [2.75, 3.05) is 13.7 Å². The summed E-state index contributed by atoms with van der Waals surface area (Å²) in [6.07, 6.45) is 5.24. The van der Waals surface area contributed by atoms with Crippen LogP contribution < -0.4 is 5.32 Å². The van der Waals surface area contributed by atoms with E-state index in [1.807, 2.05) is 0 Å². The SMILES string of the molecule is CCC(COC)NC1CC(C)CC(C)C1. The molecule has 2 heteroatoms. The lowest BCUT2D eigenvalue weighted by molar-refractivity contribution is 0.142. The van der Waals surface area contributed by atoms with Crippen LogP contribution in [-0.2, 0) is 4.74 Å². The molecule has 3 atom stereocenters. The first-order valence-electron chi connectivity index (χ1n) is 6.40. The molecule has 1 aliphatic rings. The van der Waals surface area contributed by atoms with Gasteiger partial charge in [-0.2, -0.15) is 0 Å². The number of rotatable bonds is 5. The third kappa shape index (κ3) is 4.52. The standard InChI is InChI=1S/C13H27NO/c1-5-12(9-15-4)14-13-7-10(2)6-11(3)8-13/h10-14H,5-9H2,1-4H3. The second-order valence-corrected chi connectivity index (χ2v) is 5.34. The van der Waals surface area contributed by atoms with Crippen LogP contribution in [0.1, 0.15) is 46.5 Å². The Morgan fingerprint density at radius 1 is 1.20 bits per heavy atom. The molecule has 1 N–H and O–H groups in total. The van der Waals surface area contributed by atoms with Gasteiger partial charge in [0.05, 0.1) is 6.61 Å². The van der Waals surface area contributed by atoms with E-state index in [0.717, 1.165) is 24.9 Å². The van der Waals surface area contributed by atoms with Crippen molar-refractivity contribution in [1.29, 1.82) is 0 Å². The van der Waals surface area contributed by atoms with Crippen LogP contribution in [0.4, 0.5) is 0 Å². The highest BCUT2D eigenvalue weighted by Crippen LogP contribution is 2.28. The van der Waals surface area contributed by atoms with Gasteiger partial charge in [-0.05, 0) is 37.5 Å². The fraction of sp³-hybridized carbons (Fsp3) is 1.00. The average molecular weight is 213 g/mol. The molecule has 0 aromatic carbocycles. The maximum Gasteiger partial charge on any atom is 0.0615 e. The summed E-state index contributed by atoms with van der Waals surface area (Å²) >= 11 is 0. The zero-order chi connectivity index (χ0) is 11.3. The molecule has 2 nitrogen and oxygen atoms in total. The van der Waals surface area contributed by atoms with Crippen molar-refractivity contribution in [3.05, 3.63) is 0 Å². The van der Waals surface area contributed by atoms with E-state index < -0.39 is 0 Å². The van der Waals surface area contributed by atoms with Gasteiger partial charge < -0.3 is 10.1 Å². The topological polar surface area (TPSA) is 21.3 Å². The van der Waals surface area contributed by atoms with E-state index in [0.29, 0.717) is 12.1 Å². The summed E-state index contributed by atoms with van der Waals surface area (Å²) in [5.41, 5.74) is 0. The summed E-state index contributed by atoms with van der Waals surface area (Å²) in [5, 5.41) is 3.74. The Morgan fingerprint density at radius 3 is 2.27 bits per heavy atom.